The number of ether oxygens (including phenoxy) is 1. The third-order valence-corrected chi connectivity index (χ3v) is 6.04. The largest absolute Gasteiger partial charge is 0.489 e. The molecule has 1 fully saturated rings. The predicted octanol–water partition coefficient (Wildman–Crippen LogP) is 5.12. The molecule has 1 aromatic heterocycles. The molecule has 1 N–H and O–H groups in total. The van der Waals surface area contributed by atoms with Gasteiger partial charge in [0.25, 0.3) is 0 Å². The molecule has 2 aromatic rings. The lowest BCUT2D eigenvalue weighted by Gasteiger charge is -2.27. The van der Waals surface area contributed by atoms with Crippen LogP contribution in [0.5, 0.6) is 5.75 Å². The molecule has 0 radical (unpaired) electrons. The van der Waals surface area contributed by atoms with Crippen molar-refractivity contribution in [1.82, 2.24) is 9.97 Å². The molecule has 1 unspecified atom stereocenters. The van der Waals surface area contributed by atoms with E-state index in [1.165, 1.54) is 12.3 Å². The van der Waals surface area contributed by atoms with E-state index in [0.717, 1.165) is 24.3 Å². The monoisotopic (exact) mass is 447 g/mol. The summed E-state index contributed by atoms with van der Waals surface area (Å²) in [5, 5.41) is 2.41. The summed E-state index contributed by atoms with van der Waals surface area (Å²) >= 11 is 0. The number of carbonyl (C=O) groups excluding carboxylic acids is 1. The van der Waals surface area contributed by atoms with Crippen molar-refractivity contribution in [3.63, 3.8) is 0 Å². The molecule has 4 rings (SSSR count). The summed E-state index contributed by atoms with van der Waals surface area (Å²) in [4.78, 5) is 21.2. The number of anilines is 1. The van der Waals surface area contributed by atoms with Gasteiger partial charge in [-0.15, -0.1) is 0 Å². The molecule has 0 spiro atoms. The lowest BCUT2D eigenvalue weighted by atomic mass is 9.82. The Kier molecular flexibility index (Phi) is 5.75. The number of hydrogen-bond donors (Lipinski definition) is 1. The third-order valence-electron chi connectivity index (χ3n) is 6.04. The van der Waals surface area contributed by atoms with Gasteiger partial charge in [-0.1, -0.05) is 6.08 Å². The minimum Gasteiger partial charge on any atom is -0.489 e. The smallest absolute Gasteiger partial charge is 0.228 e. The van der Waals surface area contributed by atoms with Crippen molar-refractivity contribution < 1.29 is 27.1 Å². The van der Waals surface area contributed by atoms with Gasteiger partial charge in [0.2, 0.25) is 5.91 Å². The van der Waals surface area contributed by atoms with Crippen molar-refractivity contribution >= 4 is 11.6 Å². The summed E-state index contributed by atoms with van der Waals surface area (Å²) < 4.78 is 60.9. The first kappa shape index (κ1) is 22.0. The number of rotatable bonds is 6. The molecule has 0 aliphatic heterocycles. The number of nitrogens with zero attached hydrogens (tertiary/aromatic N) is 2. The van der Waals surface area contributed by atoms with Gasteiger partial charge < -0.3 is 10.1 Å². The van der Waals surface area contributed by atoms with Crippen LogP contribution in [0.15, 0.2) is 48.2 Å². The van der Waals surface area contributed by atoms with Crippen molar-refractivity contribution in [2.75, 3.05) is 11.9 Å². The van der Waals surface area contributed by atoms with Gasteiger partial charge in [0.15, 0.2) is 11.6 Å². The molecule has 1 aromatic carbocycles. The Labute approximate surface area is 182 Å². The van der Waals surface area contributed by atoms with Crippen LogP contribution >= 0.6 is 0 Å². The van der Waals surface area contributed by atoms with Gasteiger partial charge in [0.05, 0.1) is 24.2 Å². The average molecular weight is 447 g/mol. The summed E-state index contributed by atoms with van der Waals surface area (Å²) in [6.07, 6.45) is 4.18. The average Bonchev–Trinajstić information content (AvgIpc) is 3.48. The van der Waals surface area contributed by atoms with Crippen LogP contribution < -0.4 is 10.1 Å². The quantitative estimate of drug-likeness (QED) is 0.625. The van der Waals surface area contributed by atoms with Crippen LogP contribution in [0.25, 0.3) is 0 Å². The zero-order chi connectivity index (χ0) is 23.0. The second kappa shape index (κ2) is 8.37. The lowest BCUT2D eigenvalue weighted by molar-refractivity contribution is -0.118. The molecular weight excluding hydrogens is 426 g/mol. The van der Waals surface area contributed by atoms with E-state index >= 15 is 0 Å². The maximum Gasteiger partial charge on any atom is 0.228 e. The van der Waals surface area contributed by atoms with E-state index in [9.17, 15) is 22.4 Å². The number of allylic oxidation sites excluding steroid dienone is 4. The molecule has 1 heterocycles. The number of aromatic nitrogens is 2. The van der Waals surface area contributed by atoms with Gasteiger partial charge in [0, 0.05) is 23.8 Å². The Hall–Kier alpha value is -3.23. The fourth-order valence-corrected chi connectivity index (χ4v) is 4.13. The first-order valence-electron chi connectivity index (χ1n) is 10.1. The predicted molar refractivity (Wildman–Crippen MR) is 109 cm³/mol. The zero-order valence-electron chi connectivity index (χ0n) is 17.5. The van der Waals surface area contributed by atoms with Gasteiger partial charge in [-0.3, -0.25) is 4.79 Å². The van der Waals surface area contributed by atoms with Crippen molar-refractivity contribution in [3.05, 3.63) is 71.4 Å². The number of carbonyl (C=O) groups is 1. The Balaban J connectivity index is 1.56. The second-order valence-corrected chi connectivity index (χ2v) is 8.18. The normalized spacial score (nSPS) is 24.4. The fourth-order valence-electron chi connectivity index (χ4n) is 4.13. The molecule has 2 aliphatic rings. The Morgan fingerprint density at radius 3 is 2.75 bits per heavy atom. The molecule has 5 nitrogen and oxygen atoms in total. The van der Waals surface area contributed by atoms with Crippen molar-refractivity contribution in [2.24, 2.45) is 17.3 Å². The highest BCUT2D eigenvalue weighted by molar-refractivity contribution is 5.95. The van der Waals surface area contributed by atoms with Crippen LogP contribution in [0.1, 0.15) is 24.4 Å². The van der Waals surface area contributed by atoms with E-state index in [4.69, 9.17) is 4.74 Å². The topological polar surface area (TPSA) is 64.1 Å². The SMILES string of the molecule is Cc1ncc(OC[C@@]2(C3C=CC(F)=C(F)C3)C[C@H]2C(=O)Nc2cc(F)ccc2F)c(C)n1. The van der Waals surface area contributed by atoms with E-state index in [1.807, 2.05) is 0 Å². The van der Waals surface area contributed by atoms with E-state index in [2.05, 4.69) is 15.3 Å². The van der Waals surface area contributed by atoms with Crippen molar-refractivity contribution in [2.45, 2.75) is 26.7 Å². The zero-order valence-corrected chi connectivity index (χ0v) is 17.5. The van der Waals surface area contributed by atoms with Crippen LogP contribution in [0.2, 0.25) is 0 Å². The van der Waals surface area contributed by atoms with Crippen LogP contribution in [-0.4, -0.2) is 22.5 Å². The van der Waals surface area contributed by atoms with E-state index in [1.54, 1.807) is 13.8 Å². The number of benzene rings is 1. The lowest BCUT2D eigenvalue weighted by Crippen LogP contribution is -2.30. The minimum absolute atomic E-state index is 0.0217. The van der Waals surface area contributed by atoms with Gasteiger partial charge in [-0.2, -0.15) is 0 Å². The molecule has 1 amide bonds. The molecule has 3 atom stereocenters. The maximum atomic E-state index is 14.0. The maximum absolute atomic E-state index is 14.0. The summed E-state index contributed by atoms with van der Waals surface area (Å²) in [5.74, 6) is -4.04. The van der Waals surface area contributed by atoms with Gasteiger partial charge in [-0.25, -0.2) is 27.5 Å². The summed E-state index contributed by atoms with van der Waals surface area (Å²) in [5.41, 5.74) is -0.525. The first-order valence-corrected chi connectivity index (χ1v) is 10.1. The molecule has 1 saturated carbocycles. The molecule has 9 heteroatoms. The van der Waals surface area contributed by atoms with Crippen LogP contribution in [0, 0.1) is 42.7 Å². The number of aryl methyl sites for hydroxylation is 2. The molecular formula is C23H21F4N3O2. The summed E-state index contributed by atoms with van der Waals surface area (Å²) in [6.45, 7) is 3.51. The number of hydrogen-bond acceptors (Lipinski definition) is 4. The van der Waals surface area contributed by atoms with Crippen LogP contribution in [0.3, 0.4) is 0 Å². The summed E-state index contributed by atoms with van der Waals surface area (Å²) in [6, 6.07) is 2.75. The Morgan fingerprint density at radius 2 is 2.03 bits per heavy atom. The Bertz CT molecular complexity index is 1130. The molecule has 0 bridgehead atoms. The van der Waals surface area contributed by atoms with Crippen LogP contribution in [0.4, 0.5) is 23.2 Å². The molecule has 2 aliphatic carbocycles. The van der Waals surface area contributed by atoms with Crippen LogP contribution in [-0.2, 0) is 4.79 Å². The highest BCUT2D eigenvalue weighted by atomic mass is 19.2. The van der Waals surface area contributed by atoms with E-state index < -0.39 is 46.4 Å². The standard InChI is InChI=1S/C23H21F4N3O2/c1-12-21(10-28-13(2)29-12)32-11-23(14-3-5-17(25)19(27)7-14)9-16(23)22(31)30-20-8-15(24)4-6-18(20)26/h3-6,8,10,14,16H,7,9,11H2,1-2H3,(H,30,31)/t14?,16-,23+/m0/s1. The highest BCUT2D eigenvalue weighted by Gasteiger charge is 2.62. The van der Waals surface area contributed by atoms with Gasteiger partial charge in [-0.05, 0) is 44.4 Å². The summed E-state index contributed by atoms with van der Waals surface area (Å²) in [7, 11) is 0. The number of amides is 1. The van der Waals surface area contributed by atoms with Gasteiger partial charge in [0.1, 0.15) is 23.3 Å². The highest BCUT2D eigenvalue weighted by Crippen LogP contribution is 2.61. The van der Waals surface area contributed by atoms with E-state index in [-0.39, 0.29) is 18.7 Å². The van der Waals surface area contributed by atoms with Crippen molar-refractivity contribution in [1.29, 1.82) is 0 Å². The first-order chi connectivity index (χ1) is 15.2. The minimum atomic E-state index is -0.941. The Morgan fingerprint density at radius 1 is 1.25 bits per heavy atom. The van der Waals surface area contributed by atoms with Crippen molar-refractivity contribution in [3.8, 4) is 5.75 Å². The van der Waals surface area contributed by atoms with E-state index in [0.29, 0.717) is 23.7 Å². The van der Waals surface area contributed by atoms with Gasteiger partial charge >= 0.3 is 0 Å². The molecule has 168 valence electrons. The molecule has 32 heavy (non-hydrogen) atoms. The second-order valence-electron chi connectivity index (χ2n) is 8.18. The number of halogens is 4. The molecule has 0 saturated heterocycles. The third kappa shape index (κ3) is 4.24. The fraction of sp³-hybridized carbons (Fsp3) is 0.348. The number of nitrogens with one attached hydrogen (secondary N) is 1.